The van der Waals surface area contributed by atoms with Gasteiger partial charge in [0.25, 0.3) is 0 Å². The zero-order chi connectivity index (χ0) is 9.68. The van der Waals surface area contributed by atoms with Crippen molar-refractivity contribution < 1.29 is 14.6 Å². The van der Waals surface area contributed by atoms with Crippen LogP contribution in [-0.4, -0.2) is 16.8 Å². The third-order valence-corrected chi connectivity index (χ3v) is 1.66. The van der Waals surface area contributed by atoms with Gasteiger partial charge in [-0.3, -0.25) is 0 Å². The van der Waals surface area contributed by atoms with Gasteiger partial charge in [-0.1, -0.05) is 18.2 Å². The maximum Gasteiger partial charge on any atom is 0.128 e. The highest BCUT2D eigenvalue weighted by Crippen LogP contribution is 2.11. The lowest BCUT2D eigenvalue weighted by Crippen LogP contribution is -1.89. The Morgan fingerprint density at radius 1 is 1.31 bits per heavy atom. The van der Waals surface area contributed by atoms with Crippen molar-refractivity contribution in [3.8, 4) is 0 Å². The Morgan fingerprint density at radius 3 is 2.69 bits per heavy atom. The molecule has 0 saturated heterocycles. The molecule has 70 valence electrons. The maximum atomic E-state index is 12.9. The van der Waals surface area contributed by atoms with E-state index >= 15 is 0 Å². The molecule has 13 heavy (non-hydrogen) atoms. The lowest BCUT2D eigenvalue weighted by Gasteiger charge is -2.00. The van der Waals surface area contributed by atoms with Gasteiger partial charge in [-0.15, -0.1) is 0 Å². The second kappa shape index (κ2) is 4.74. The summed E-state index contributed by atoms with van der Waals surface area (Å²) >= 11 is 0. The van der Waals surface area contributed by atoms with Crippen LogP contribution in [0.3, 0.4) is 0 Å². The standard InChI is InChI=1S/C10H11FO2/c11-10-4-3-8(2-1-5-12)6-9(10)7-13/h1-4,6,12-13H,5,7H2. The topological polar surface area (TPSA) is 40.5 Å². The molecule has 1 aromatic carbocycles. The van der Waals surface area contributed by atoms with Gasteiger partial charge in [0.2, 0.25) is 0 Å². The minimum absolute atomic E-state index is 0.0498. The molecule has 0 aromatic heterocycles. The molecule has 0 bridgehead atoms. The Balaban J connectivity index is 2.92. The quantitative estimate of drug-likeness (QED) is 0.740. The highest BCUT2D eigenvalue weighted by atomic mass is 19.1. The SMILES string of the molecule is OCC=Cc1ccc(F)c(CO)c1. The van der Waals surface area contributed by atoms with Gasteiger partial charge in [-0.05, 0) is 17.7 Å². The molecule has 0 saturated carbocycles. The number of hydrogen-bond acceptors (Lipinski definition) is 2. The van der Waals surface area contributed by atoms with Gasteiger partial charge < -0.3 is 10.2 Å². The first-order valence-corrected chi connectivity index (χ1v) is 3.94. The van der Waals surface area contributed by atoms with Crippen molar-refractivity contribution in [1.29, 1.82) is 0 Å². The van der Waals surface area contributed by atoms with Crippen molar-refractivity contribution in [2.75, 3.05) is 6.61 Å². The molecule has 0 aliphatic rings. The van der Waals surface area contributed by atoms with E-state index in [0.29, 0.717) is 0 Å². The summed E-state index contributed by atoms with van der Waals surface area (Å²) in [4.78, 5) is 0. The van der Waals surface area contributed by atoms with Crippen LogP contribution in [0, 0.1) is 5.82 Å². The van der Waals surface area contributed by atoms with Crippen LogP contribution in [0.2, 0.25) is 0 Å². The Labute approximate surface area is 76.0 Å². The van der Waals surface area contributed by atoms with E-state index in [1.54, 1.807) is 24.3 Å². The van der Waals surface area contributed by atoms with E-state index in [1.807, 2.05) is 0 Å². The fraction of sp³-hybridized carbons (Fsp3) is 0.200. The molecule has 0 unspecified atom stereocenters. The van der Waals surface area contributed by atoms with E-state index in [4.69, 9.17) is 10.2 Å². The minimum atomic E-state index is -0.413. The van der Waals surface area contributed by atoms with Gasteiger partial charge in [0.1, 0.15) is 5.82 Å². The fourth-order valence-electron chi connectivity index (χ4n) is 1.01. The van der Waals surface area contributed by atoms with Gasteiger partial charge in [-0.2, -0.15) is 0 Å². The van der Waals surface area contributed by atoms with E-state index in [1.165, 1.54) is 6.07 Å². The van der Waals surface area contributed by atoms with E-state index in [0.717, 1.165) is 5.56 Å². The molecule has 0 aliphatic carbocycles. The highest BCUT2D eigenvalue weighted by molar-refractivity contribution is 5.50. The molecular weight excluding hydrogens is 171 g/mol. The van der Waals surface area contributed by atoms with Gasteiger partial charge in [0.05, 0.1) is 13.2 Å². The Kier molecular flexibility index (Phi) is 3.61. The first-order valence-electron chi connectivity index (χ1n) is 3.94. The smallest absolute Gasteiger partial charge is 0.128 e. The molecule has 0 fully saturated rings. The summed E-state index contributed by atoms with van der Waals surface area (Å²) in [6.07, 6.45) is 3.22. The van der Waals surface area contributed by atoms with Crippen LogP contribution in [0.4, 0.5) is 4.39 Å². The van der Waals surface area contributed by atoms with Crippen LogP contribution in [-0.2, 0) is 6.61 Å². The molecule has 0 spiro atoms. The summed E-state index contributed by atoms with van der Waals surface area (Å²) in [6, 6.07) is 4.42. The van der Waals surface area contributed by atoms with Crippen LogP contribution in [0.25, 0.3) is 6.08 Å². The zero-order valence-corrected chi connectivity index (χ0v) is 7.07. The molecule has 3 heteroatoms. The first-order chi connectivity index (χ1) is 6.27. The summed E-state index contributed by atoms with van der Waals surface area (Å²) in [5, 5.41) is 17.3. The molecule has 0 amide bonds. The molecule has 1 aromatic rings. The minimum Gasteiger partial charge on any atom is -0.392 e. The van der Waals surface area contributed by atoms with Gasteiger partial charge in [0, 0.05) is 5.56 Å². The van der Waals surface area contributed by atoms with E-state index in [-0.39, 0.29) is 18.8 Å². The van der Waals surface area contributed by atoms with Crippen molar-refractivity contribution in [3.63, 3.8) is 0 Å². The Bertz CT molecular complexity index is 308. The molecule has 0 atom stereocenters. The zero-order valence-electron chi connectivity index (χ0n) is 7.07. The van der Waals surface area contributed by atoms with Crippen LogP contribution in [0.5, 0.6) is 0 Å². The van der Waals surface area contributed by atoms with Crippen LogP contribution >= 0.6 is 0 Å². The third-order valence-electron chi connectivity index (χ3n) is 1.66. The average Bonchev–Trinajstić information content (AvgIpc) is 2.16. The van der Waals surface area contributed by atoms with Gasteiger partial charge in [0.15, 0.2) is 0 Å². The van der Waals surface area contributed by atoms with E-state index in [9.17, 15) is 4.39 Å². The second-order valence-corrected chi connectivity index (χ2v) is 2.59. The summed E-state index contributed by atoms with van der Waals surface area (Å²) in [7, 11) is 0. The van der Waals surface area contributed by atoms with Crippen molar-refractivity contribution in [1.82, 2.24) is 0 Å². The van der Waals surface area contributed by atoms with Gasteiger partial charge >= 0.3 is 0 Å². The van der Waals surface area contributed by atoms with Crippen molar-refractivity contribution in [2.45, 2.75) is 6.61 Å². The van der Waals surface area contributed by atoms with E-state index < -0.39 is 5.82 Å². The molecule has 2 N–H and O–H groups in total. The molecule has 0 radical (unpaired) electrons. The summed E-state index contributed by atoms with van der Waals surface area (Å²) < 4.78 is 12.9. The number of hydrogen-bond donors (Lipinski definition) is 2. The maximum absolute atomic E-state index is 12.9. The number of aliphatic hydroxyl groups is 2. The summed E-state index contributed by atoms with van der Waals surface area (Å²) in [5.74, 6) is -0.413. The van der Waals surface area contributed by atoms with Crippen LogP contribution in [0.1, 0.15) is 11.1 Å². The number of rotatable bonds is 3. The largest absolute Gasteiger partial charge is 0.392 e. The summed E-state index contributed by atoms with van der Waals surface area (Å²) in [6.45, 7) is -0.363. The van der Waals surface area contributed by atoms with Crippen molar-refractivity contribution in [2.24, 2.45) is 0 Å². The monoisotopic (exact) mass is 182 g/mol. The first kappa shape index (κ1) is 9.89. The molecule has 1 rings (SSSR count). The van der Waals surface area contributed by atoms with Crippen LogP contribution in [0.15, 0.2) is 24.3 Å². The molecule has 0 heterocycles. The van der Waals surface area contributed by atoms with Gasteiger partial charge in [-0.25, -0.2) is 4.39 Å². The van der Waals surface area contributed by atoms with Crippen molar-refractivity contribution >= 4 is 6.08 Å². The normalized spacial score (nSPS) is 11.0. The highest BCUT2D eigenvalue weighted by Gasteiger charge is 1.99. The number of benzene rings is 1. The van der Waals surface area contributed by atoms with Crippen molar-refractivity contribution in [3.05, 3.63) is 41.2 Å². The van der Waals surface area contributed by atoms with E-state index in [2.05, 4.69) is 0 Å². The fourth-order valence-corrected chi connectivity index (χ4v) is 1.01. The lowest BCUT2D eigenvalue weighted by atomic mass is 10.1. The predicted molar refractivity (Wildman–Crippen MR) is 48.4 cm³/mol. The molecule has 2 nitrogen and oxygen atoms in total. The molecular formula is C10H11FO2. The predicted octanol–water partition coefficient (Wildman–Crippen LogP) is 1.32. The lowest BCUT2D eigenvalue weighted by molar-refractivity contribution is 0.275. The Hall–Kier alpha value is -1.19. The second-order valence-electron chi connectivity index (χ2n) is 2.59. The Morgan fingerprint density at radius 2 is 2.08 bits per heavy atom. The number of halogens is 1. The number of aliphatic hydroxyl groups excluding tert-OH is 2. The average molecular weight is 182 g/mol. The third kappa shape index (κ3) is 2.65. The van der Waals surface area contributed by atoms with Crippen LogP contribution < -0.4 is 0 Å². The molecule has 0 aliphatic heterocycles. The summed E-state index contributed by atoms with van der Waals surface area (Å²) in [5.41, 5.74) is 1.03.